The Hall–Kier alpha value is -3.26. The molecule has 2 heterocycles. The quantitative estimate of drug-likeness (QED) is 0.357. The van der Waals surface area contributed by atoms with E-state index in [1.165, 1.54) is 16.4 Å². The van der Waals surface area contributed by atoms with Crippen molar-refractivity contribution in [3.8, 4) is 0 Å². The largest absolute Gasteiger partial charge is 0.379 e. The van der Waals surface area contributed by atoms with Crippen LogP contribution in [0.5, 0.6) is 0 Å². The van der Waals surface area contributed by atoms with Crippen molar-refractivity contribution >= 4 is 38.7 Å². The Morgan fingerprint density at radius 2 is 1.58 bits per heavy atom. The second kappa shape index (κ2) is 12.1. The van der Waals surface area contributed by atoms with Crippen LogP contribution >= 0.6 is 0 Å². The number of rotatable bonds is 9. The van der Waals surface area contributed by atoms with E-state index in [0.29, 0.717) is 18.9 Å². The molecule has 1 atom stereocenters. The van der Waals surface area contributed by atoms with Crippen molar-refractivity contribution in [3.05, 3.63) is 52.6 Å². The fourth-order valence-corrected chi connectivity index (χ4v) is 5.81. The number of nitro benzene ring substituents is 1. The summed E-state index contributed by atoms with van der Waals surface area (Å²) in [6.45, 7) is 7.48. The molecule has 38 heavy (non-hydrogen) atoms. The first kappa shape index (κ1) is 27.8. The summed E-state index contributed by atoms with van der Waals surface area (Å²) in [4.78, 5) is 26.4. The molecule has 1 amide bonds. The van der Waals surface area contributed by atoms with Crippen LogP contribution in [0, 0.1) is 16.0 Å². The van der Waals surface area contributed by atoms with Gasteiger partial charge in [0.2, 0.25) is 15.9 Å². The average molecular weight is 548 g/mol. The van der Waals surface area contributed by atoms with Gasteiger partial charge in [-0.2, -0.15) is 4.31 Å². The predicted molar refractivity (Wildman–Crippen MR) is 143 cm³/mol. The Kier molecular flexibility index (Phi) is 8.82. The molecule has 206 valence electrons. The van der Waals surface area contributed by atoms with Crippen LogP contribution in [-0.2, 0) is 24.3 Å². The lowest BCUT2D eigenvalue weighted by Gasteiger charge is -2.29. The summed E-state index contributed by atoms with van der Waals surface area (Å²) in [7, 11) is -3.92. The molecule has 2 aliphatic heterocycles. The molecule has 0 bridgehead atoms. The first-order chi connectivity index (χ1) is 18.2. The molecule has 0 saturated carbocycles. The van der Waals surface area contributed by atoms with Crippen molar-refractivity contribution in [1.82, 2.24) is 4.31 Å². The Labute approximate surface area is 222 Å². The van der Waals surface area contributed by atoms with Gasteiger partial charge in [0.1, 0.15) is 11.7 Å². The molecule has 1 unspecified atom stereocenters. The molecule has 4 rings (SSSR count). The lowest BCUT2D eigenvalue weighted by Crippen LogP contribution is -2.40. The molecule has 2 fully saturated rings. The zero-order valence-corrected chi connectivity index (χ0v) is 22.3. The summed E-state index contributed by atoms with van der Waals surface area (Å²) in [6.07, 6.45) is 0. The molecule has 13 heteroatoms. The van der Waals surface area contributed by atoms with Crippen LogP contribution in [0.25, 0.3) is 0 Å². The number of carbonyl (C=O) groups is 1. The van der Waals surface area contributed by atoms with Crippen LogP contribution in [0.1, 0.15) is 13.8 Å². The first-order valence-electron chi connectivity index (χ1n) is 12.5. The summed E-state index contributed by atoms with van der Waals surface area (Å²) in [5.74, 6) is -0.586. The first-order valence-corrected chi connectivity index (χ1v) is 14.0. The lowest BCUT2D eigenvalue weighted by molar-refractivity contribution is -0.384. The molecule has 0 aromatic heterocycles. The van der Waals surface area contributed by atoms with E-state index < -0.39 is 26.7 Å². The van der Waals surface area contributed by atoms with Crippen molar-refractivity contribution in [3.63, 3.8) is 0 Å². The van der Waals surface area contributed by atoms with Gasteiger partial charge in [0.05, 0.1) is 36.2 Å². The van der Waals surface area contributed by atoms with Gasteiger partial charge in [-0.25, -0.2) is 8.42 Å². The van der Waals surface area contributed by atoms with E-state index in [2.05, 4.69) is 15.5 Å². The molecule has 12 nitrogen and oxygen atoms in total. The number of nitrogens with zero attached hydrogens (tertiary/aromatic N) is 3. The number of amides is 1. The highest BCUT2D eigenvalue weighted by Crippen LogP contribution is 2.31. The van der Waals surface area contributed by atoms with Crippen molar-refractivity contribution in [1.29, 1.82) is 0 Å². The number of nitro groups is 1. The van der Waals surface area contributed by atoms with Crippen molar-refractivity contribution < 1.29 is 27.6 Å². The van der Waals surface area contributed by atoms with E-state index in [0.717, 1.165) is 24.8 Å². The molecule has 2 aliphatic rings. The normalized spacial score (nSPS) is 17.7. The average Bonchev–Trinajstić information content (AvgIpc) is 2.92. The van der Waals surface area contributed by atoms with Crippen LogP contribution < -0.4 is 15.5 Å². The van der Waals surface area contributed by atoms with Gasteiger partial charge in [-0.3, -0.25) is 14.9 Å². The number of hydrogen-bond donors (Lipinski definition) is 2. The molecule has 2 N–H and O–H groups in total. The monoisotopic (exact) mass is 547 g/mol. The summed E-state index contributed by atoms with van der Waals surface area (Å²) in [6, 6.07) is 10.4. The Bertz CT molecular complexity index is 1240. The predicted octanol–water partition coefficient (Wildman–Crippen LogP) is 2.53. The summed E-state index contributed by atoms with van der Waals surface area (Å²) in [5, 5.41) is 17.7. The third-order valence-corrected chi connectivity index (χ3v) is 8.44. The fourth-order valence-electron chi connectivity index (χ4n) is 4.38. The molecular formula is C25H33N5O7S. The Morgan fingerprint density at radius 3 is 2.16 bits per heavy atom. The van der Waals surface area contributed by atoms with Crippen LogP contribution in [0.2, 0.25) is 0 Å². The van der Waals surface area contributed by atoms with E-state index in [-0.39, 0.29) is 48.7 Å². The van der Waals surface area contributed by atoms with Gasteiger partial charge in [0.25, 0.3) is 5.69 Å². The maximum absolute atomic E-state index is 13.2. The third kappa shape index (κ3) is 6.41. The highest BCUT2D eigenvalue weighted by atomic mass is 32.2. The second-order valence-electron chi connectivity index (χ2n) is 9.45. The van der Waals surface area contributed by atoms with Gasteiger partial charge in [0.15, 0.2) is 0 Å². The maximum Gasteiger partial charge on any atom is 0.293 e. The number of benzene rings is 2. The minimum absolute atomic E-state index is 0.0624. The van der Waals surface area contributed by atoms with E-state index in [4.69, 9.17) is 9.47 Å². The van der Waals surface area contributed by atoms with Crippen LogP contribution in [0.4, 0.5) is 22.7 Å². The summed E-state index contributed by atoms with van der Waals surface area (Å²) < 4.78 is 37.8. The van der Waals surface area contributed by atoms with Crippen LogP contribution in [-0.4, -0.2) is 82.2 Å². The van der Waals surface area contributed by atoms with Crippen molar-refractivity contribution in [2.45, 2.75) is 24.8 Å². The number of carbonyl (C=O) groups excluding carboxylic acids is 1. The van der Waals surface area contributed by atoms with Crippen LogP contribution in [0.15, 0.2) is 47.4 Å². The number of ether oxygens (including phenoxy) is 2. The number of morpholine rings is 2. The Morgan fingerprint density at radius 1 is 0.974 bits per heavy atom. The highest BCUT2D eigenvalue weighted by molar-refractivity contribution is 7.89. The van der Waals surface area contributed by atoms with E-state index in [1.807, 2.05) is 38.1 Å². The number of nitrogens with one attached hydrogen (secondary N) is 2. The van der Waals surface area contributed by atoms with Crippen molar-refractivity contribution in [2.75, 3.05) is 68.1 Å². The summed E-state index contributed by atoms with van der Waals surface area (Å²) in [5.41, 5.74) is 1.27. The second-order valence-corrected chi connectivity index (χ2v) is 11.4. The number of hydrogen-bond acceptors (Lipinski definition) is 9. The van der Waals surface area contributed by atoms with Gasteiger partial charge in [0, 0.05) is 43.6 Å². The third-order valence-electron chi connectivity index (χ3n) is 6.54. The maximum atomic E-state index is 13.2. The SMILES string of the molecule is CC(C)C(Nc1ccc(S(=O)(=O)N2CCOCC2)cc1[N+](=O)[O-])C(=O)Nc1ccc(N2CCOCC2)cc1. The van der Waals surface area contributed by atoms with Gasteiger partial charge in [-0.15, -0.1) is 0 Å². The minimum atomic E-state index is -3.92. The van der Waals surface area contributed by atoms with Gasteiger partial charge in [-0.05, 0) is 42.3 Å². The molecule has 0 radical (unpaired) electrons. The van der Waals surface area contributed by atoms with E-state index >= 15 is 0 Å². The molecule has 0 spiro atoms. The Balaban J connectivity index is 1.50. The number of sulfonamides is 1. The highest BCUT2D eigenvalue weighted by Gasteiger charge is 2.31. The van der Waals surface area contributed by atoms with Gasteiger partial charge >= 0.3 is 0 Å². The topological polar surface area (TPSA) is 143 Å². The van der Waals surface area contributed by atoms with Crippen molar-refractivity contribution in [2.24, 2.45) is 5.92 Å². The smallest absolute Gasteiger partial charge is 0.293 e. The van der Waals surface area contributed by atoms with E-state index in [9.17, 15) is 23.3 Å². The molecule has 2 aromatic carbocycles. The zero-order chi connectivity index (χ0) is 27.3. The molecular weight excluding hydrogens is 514 g/mol. The molecule has 2 aromatic rings. The zero-order valence-electron chi connectivity index (χ0n) is 21.5. The number of anilines is 3. The van der Waals surface area contributed by atoms with E-state index in [1.54, 1.807) is 0 Å². The lowest BCUT2D eigenvalue weighted by atomic mass is 10.0. The van der Waals surface area contributed by atoms with Gasteiger partial charge < -0.3 is 25.0 Å². The standard InChI is InChI=1S/C25H33N5O7S/c1-18(2)24(25(31)26-19-3-5-20(6-4-19)28-9-13-36-14-10-28)27-22-8-7-21(17-23(22)30(32)33)38(34,35)29-11-15-37-16-12-29/h3-8,17-18,24,27H,9-16H2,1-2H3,(H,26,31). The molecule has 2 saturated heterocycles. The molecule has 0 aliphatic carbocycles. The summed E-state index contributed by atoms with van der Waals surface area (Å²) >= 11 is 0. The van der Waals surface area contributed by atoms with Gasteiger partial charge in [-0.1, -0.05) is 13.8 Å². The van der Waals surface area contributed by atoms with Crippen LogP contribution in [0.3, 0.4) is 0 Å². The fraction of sp³-hybridized carbons (Fsp3) is 0.480. The minimum Gasteiger partial charge on any atom is -0.379 e.